The lowest BCUT2D eigenvalue weighted by molar-refractivity contribution is -0.384. The first-order valence-electron chi connectivity index (χ1n) is 5.61. The van der Waals surface area contributed by atoms with Gasteiger partial charge in [0, 0.05) is 24.4 Å². The van der Waals surface area contributed by atoms with Gasteiger partial charge in [0.15, 0.2) is 0 Å². The quantitative estimate of drug-likeness (QED) is 0.484. The fraction of sp³-hybridized carbons (Fsp3) is 0.333. The highest BCUT2D eigenvalue weighted by atomic mass is 79.9. The molecular weight excluding hydrogens is 314 g/mol. The minimum absolute atomic E-state index is 0.128. The summed E-state index contributed by atoms with van der Waals surface area (Å²) < 4.78 is 0. The van der Waals surface area contributed by atoms with Gasteiger partial charge < -0.3 is 4.90 Å². The first kappa shape index (κ1) is 13.5. The molecule has 98 valence electrons. The highest BCUT2D eigenvalue weighted by molar-refractivity contribution is 9.09. The van der Waals surface area contributed by atoms with Crippen LogP contribution in [-0.2, 0) is 4.79 Å². The van der Waals surface area contributed by atoms with E-state index in [9.17, 15) is 14.9 Å². The first-order chi connectivity index (χ1) is 9.06. The fourth-order valence-corrected chi connectivity index (χ4v) is 2.52. The normalized spacial score (nSPS) is 18.4. The zero-order valence-electron chi connectivity index (χ0n) is 9.88. The zero-order chi connectivity index (χ0) is 14.0. The fourth-order valence-electron chi connectivity index (χ4n) is 2.09. The summed E-state index contributed by atoms with van der Waals surface area (Å²) in [7, 11) is 0. The molecule has 2 rings (SSSR count). The predicted molar refractivity (Wildman–Crippen MR) is 72.1 cm³/mol. The van der Waals surface area contributed by atoms with Crippen LogP contribution in [0.2, 0.25) is 0 Å². The lowest BCUT2D eigenvalue weighted by atomic mass is 10.1. The molecule has 0 radical (unpaired) electrons. The van der Waals surface area contributed by atoms with Gasteiger partial charge in [-0.15, -0.1) is 0 Å². The van der Waals surface area contributed by atoms with E-state index in [0.717, 1.165) is 0 Å². The zero-order valence-corrected chi connectivity index (χ0v) is 11.5. The summed E-state index contributed by atoms with van der Waals surface area (Å²) in [5, 5.41) is 20.5. The number of carbonyl (C=O) groups is 1. The Morgan fingerprint density at radius 3 is 2.84 bits per heavy atom. The second-order valence-corrected chi connectivity index (χ2v) is 4.95. The van der Waals surface area contributed by atoms with Crippen LogP contribution in [0.5, 0.6) is 0 Å². The van der Waals surface area contributed by atoms with Crippen LogP contribution in [0.4, 0.5) is 11.4 Å². The maximum Gasteiger partial charge on any atom is 0.294 e. The largest absolute Gasteiger partial charge is 0.306 e. The molecule has 7 heteroatoms. The molecule has 1 unspecified atom stereocenters. The summed E-state index contributed by atoms with van der Waals surface area (Å²) in [6.07, 6.45) is 0.377. The Morgan fingerprint density at radius 2 is 2.32 bits per heavy atom. The van der Waals surface area contributed by atoms with Crippen LogP contribution in [0.25, 0.3) is 0 Å². The summed E-state index contributed by atoms with van der Waals surface area (Å²) in [4.78, 5) is 23.8. The van der Waals surface area contributed by atoms with E-state index in [-0.39, 0.29) is 28.8 Å². The molecule has 1 aliphatic rings. The molecule has 1 saturated heterocycles. The standard InChI is InChI=1S/C12H10BrN3O3/c13-5-9-4-12(17)15(7-9)10-2-1-8(6-14)3-11(10)16(18)19/h1-3,9H,4-5,7H2. The number of nitro groups is 1. The lowest BCUT2D eigenvalue weighted by Crippen LogP contribution is -2.25. The van der Waals surface area contributed by atoms with E-state index in [0.29, 0.717) is 18.3 Å². The van der Waals surface area contributed by atoms with Gasteiger partial charge in [0.25, 0.3) is 5.69 Å². The minimum Gasteiger partial charge on any atom is -0.306 e. The number of alkyl halides is 1. The Balaban J connectivity index is 2.43. The summed E-state index contributed by atoms with van der Waals surface area (Å²) in [6, 6.07) is 6.00. The van der Waals surface area contributed by atoms with E-state index in [1.54, 1.807) is 0 Å². The van der Waals surface area contributed by atoms with Crippen molar-refractivity contribution in [1.82, 2.24) is 0 Å². The van der Waals surface area contributed by atoms with E-state index >= 15 is 0 Å². The highest BCUT2D eigenvalue weighted by Gasteiger charge is 2.33. The van der Waals surface area contributed by atoms with Crippen molar-refractivity contribution in [1.29, 1.82) is 5.26 Å². The number of amides is 1. The number of anilines is 1. The van der Waals surface area contributed by atoms with Crippen LogP contribution >= 0.6 is 15.9 Å². The second-order valence-electron chi connectivity index (χ2n) is 4.30. The smallest absolute Gasteiger partial charge is 0.294 e. The molecule has 0 saturated carbocycles. The molecule has 0 aliphatic carbocycles. The van der Waals surface area contributed by atoms with E-state index in [1.165, 1.54) is 23.1 Å². The monoisotopic (exact) mass is 323 g/mol. The topological polar surface area (TPSA) is 87.2 Å². The van der Waals surface area contributed by atoms with Crippen molar-refractivity contribution in [2.45, 2.75) is 6.42 Å². The van der Waals surface area contributed by atoms with Gasteiger partial charge in [-0.05, 0) is 18.1 Å². The molecular formula is C12H10BrN3O3. The number of nitro benzene ring substituents is 1. The average Bonchev–Trinajstić information content (AvgIpc) is 2.79. The van der Waals surface area contributed by atoms with Crippen molar-refractivity contribution in [2.75, 3.05) is 16.8 Å². The predicted octanol–water partition coefficient (Wildman–Crippen LogP) is 2.21. The number of hydrogen-bond donors (Lipinski definition) is 0. The minimum atomic E-state index is -0.565. The molecule has 0 bridgehead atoms. The maximum atomic E-state index is 11.9. The van der Waals surface area contributed by atoms with Gasteiger partial charge in [-0.25, -0.2) is 0 Å². The third-order valence-corrected chi connectivity index (χ3v) is 3.93. The van der Waals surface area contributed by atoms with Crippen molar-refractivity contribution in [2.24, 2.45) is 5.92 Å². The molecule has 19 heavy (non-hydrogen) atoms. The molecule has 0 aromatic heterocycles. The van der Waals surface area contributed by atoms with E-state index < -0.39 is 4.92 Å². The molecule has 1 atom stereocenters. The van der Waals surface area contributed by atoms with Crippen LogP contribution in [0.15, 0.2) is 18.2 Å². The number of nitriles is 1. The van der Waals surface area contributed by atoms with Gasteiger partial charge in [-0.1, -0.05) is 15.9 Å². The van der Waals surface area contributed by atoms with Crippen molar-refractivity contribution in [3.05, 3.63) is 33.9 Å². The highest BCUT2D eigenvalue weighted by Crippen LogP contribution is 2.33. The van der Waals surface area contributed by atoms with Crippen LogP contribution < -0.4 is 4.90 Å². The van der Waals surface area contributed by atoms with E-state index in [4.69, 9.17) is 5.26 Å². The lowest BCUT2D eigenvalue weighted by Gasteiger charge is -2.16. The summed E-state index contributed by atoms with van der Waals surface area (Å²) in [5.41, 5.74) is 0.263. The van der Waals surface area contributed by atoms with Gasteiger partial charge in [0.1, 0.15) is 5.69 Å². The van der Waals surface area contributed by atoms with Crippen LogP contribution in [0.1, 0.15) is 12.0 Å². The Labute approximate surface area is 117 Å². The number of nitrogens with zero attached hydrogens (tertiary/aromatic N) is 3. The molecule has 0 N–H and O–H groups in total. The first-order valence-corrected chi connectivity index (χ1v) is 6.73. The number of halogens is 1. The Hall–Kier alpha value is -1.94. The molecule has 1 aliphatic heterocycles. The molecule has 1 aromatic carbocycles. The van der Waals surface area contributed by atoms with Gasteiger partial charge in [0.2, 0.25) is 5.91 Å². The molecule has 1 aromatic rings. The number of rotatable bonds is 3. The van der Waals surface area contributed by atoms with Gasteiger partial charge >= 0.3 is 0 Å². The summed E-state index contributed by atoms with van der Waals surface area (Å²) in [5.74, 6) is 0.0278. The molecule has 6 nitrogen and oxygen atoms in total. The molecule has 1 fully saturated rings. The molecule has 1 amide bonds. The Morgan fingerprint density at radius 1 is 1.58 bits per heavy atom. The number of benzene rings is 1. The Bertz CT molecular complexity index is 582. The van der Waals surface area contributed by atoms with Gasteiger partial charge in [0.05, 0.1) is 16.6 Å². The number of hydrogen-bond acceptors (Lipinski definition) is 4. The van der Waals surface area contributed by atoms with Crippen LogP contribution in [0.3, 0.4) is 0 Å². The van der Waals surface area contributed by atoms with Crippen molar-refractivity contribution in [3.63, 3.8) is 0 Å². The number of carbonyl (C=O) groups excluding carboxylic acids is 1. The van der Waals surface area contributed by atoms with Gasteiger partial charge in [-0.3, -0.25) is 14.9 Å². The molecule has 0 spiro atoms. The maximum absolute atomic E-state index is 11.9. The average molecular weight is 324 g/mol. The third-order valence-electron chi connectivity index (χ3n) is 3.02. The summed E-state index contributed by atoms with van der Waals surface area (Å²) >= 11 is 3.32. The van der Waals surface area contributed by atoms with Crippen LogP contribution in [-0.4, -0.2) is 22.7 Å². The molecule has 1 heterocycles. The SMILES string of the molecule is N#Cc1ccc(N2CC(CBr)CC2=O)c([N+](=O)[O-])c1. The third kappa shape index (κ3) is 2.58. The van der Waals surface area contributed by atoms with Crippen molar-refractivity contribution < 1.29 is 9.72 Å². The summed E-state index contributed by atoms with van der Waals surface area (Å²) in [6.45, 7) is 0.455. The van der Waals surface area contributed by atoms with Crippen molar-refractivity contribution >= 4 is 33.2 Å². The van der Waals surface area contributed by atoms with E-state index in [2.05, 4.69) is 15.9 Å². The Kier molecular flexibility index (Phi) is 3.81. The van der Waals surface area contributed by atoms with Crippen LogP contribution in [0, 0.1) is 27.4 Å². The second kappa shape index (κ2) is 5.36. The van der Waals surface area contributed by atoms with E-state index in [1.807, 2.05) is 6.07 Å². The van der Waals surface area contributed by atoms with Gasteiger partial charge in [-0.2, -0.15) is 5.26 Å². The van der Waals surface area contributed by atoms with Crippen molar-refractivity contribution in [3.8, 4) is 6.07 Å².